The summed E-state index contributed by atoms with van der Waals surface area (Å²) in [5.74, 6) is -0.707. The smallest absolute Gasteiger partial charge is 0.349 e. The molecule has 0 amide bonds. The predicted octanol–water partition coefficient (Wildman–Crippen LogP) is -1.46. The van der Waals surface area contributed by atoms with Crippen molar-refractivity contribution in [3.8, 4) is 23.0 Å². The maximum atomic E-state index is 12.5. The molecule has 2 aromatic carbocycles. The highest BCUT2D eigenvalue weighted by atomic mass is 127. The molecule has 4 rings (SSSR count). The number of carbonyl (C=O) groups is 3. The Morgan fingerprint density at radius 2 is 1.11 bits per heavy atom. The van der Waals surface area contributed by atoms with Gasteiger partial charge in [0.15, 0.2) is 53.6 Å². The zero-order valence-corrected chi connectivity index (χ0v) is 30.2. The lowest BCUT2D eigenvalue weighted by Gasteiger charge is -2.09. The number of halogens is 2. The lowest BCUT2D eigenvalue weighted by Crippen LogP contribution is -3.00. The van der Waals surface area contributed by atoms with Crippen molar-refractivity contribution in [3.63, 3.8) is 0 Å². The van der Waals surface area contributed by atoms with Crippen LogP contribution in [0.5, 0.6) is 23.0 Å². The third kappa shape index (κ3) is 11.3. The second kappa shape index (κ2) is 18.5. The van der Waals surface area contributed by atoms with Crippen LogP contribution < -0.4 is 76.0 Å². The molecule has 0 aliphatic carbocycles. The number of esters is 2. The first-order chi connectivity index (χ1) is 21.6. The summed E-state index contributed by atoms with van der Waals surface area (Å²) in [6, 6.07) is 16.5. The molecule has 0 bridgehead atoms. The van der Waals surface area contributed by atoms with Crippen LogP contribution in [0.3, 0.4) is 0 Å². The molecule has 0 fully saturated rings. The number of hydrogen-bond donors (Lipinski definition) is 1. The molecule has 2 heterocycles. The zero-order chi connectivity index (χ0) is 32.3. The number of allylic oxidation sites excluding steroid dienone is 3. The highest BCUT2D eigenvalue weighted by Gasteiger charge is 2.16. The van der Waals surface area contributed by atoms with Gasteiger partial charge in [0.1, 0.15) is 31.0 Å². The first-order valence-electron chi connectivity index (χ1n) is 13.7. The lowest BCUT2D eigenvalue weighted by molar-refractivity contribution is -0.671. The summed E-state index contributed by atoms with van der Waals surface area (Å²) in [7, 11) is 6.50. The summed E-state index contributed by atoms with van der Waals surface area (Å²) < 4.78 is 25.2. The fraction of sp³-hybridized carbons (Fsp3) is 0.114. The Morgan fingerprint density at radius 3 is 1.53 bits per heavy atom. The Kier molecular flexibility index (Phi) is 15.2. The number of ether oxygens (including phenoxy) is 4. The van der Waals surface area contributed by atoms with Gasteiger partial charge in [-0.05, 0) is 59.7 Å². The molecule has 10 nitrogen and oxygen atoms in total. The van der Waals surface area contributed by atoms with Crippen LogP contribution in [0.25, 0.3) is 12.2 Å². The highest BCUT2D eigenvalue weighted by Crippen LogP contribution is 2.30. The molecule has 4 aromatic rings. The summed E-state index contributed by atoms with van der Waals surface area (Å²) in [6.07, 6.45) is 13.7. The van der Waals surface area contributed by atoms with Crippen molar-refractivity contribution in [2.45, 2.75) is 0 Å². The van der Waals surface area contributed by atoms with E-state index in [0.717, 1.165) is 6.08 Å². The third-order valence-electron chi connectivity index (χ3n) is 6.31. The van der Waals surface area contributed by atoms with Crippen molar-refractivity contribution in [1.82, 2.24) is 0 Å². The number of pyridine rings is 2. The van der Waals surface area contributed by atoms with Gasteiger partial charge >= 0.3 is 11.9 Å². The molecule has 0 unspecified atom stereocenters. The highest BCUT2D eigenvalue weighted by molar-refractivity contribution is 6.02. The van der Waals surface area contributed by atoms with Crippen molar-refractivity contribution >= 4 is 29.9 Å². The van der Waals surface area contributed by atoms with Crippen LogP contribution >= 0.6 is 0 Å². The van der Waals surface area contributed by atoms with E-state index in [2.05, 4.69) is 0 Å². The zero-order valence-electron chi connectivity index (χ0n) is 25.9. The molecule has 244 valence electrons. The number of rotatable bonds is 11. The van der Waals surface area contributed by atoms with Gasteiger partial charge in [0.2, 0.25) is 0 Å². The molecule has 0 aliphatic heterocycles. The van der Waals surface area contributed by atoms with Gasteiger partial charge in [-0.15, -0.1) is 0 Å². The largest absolute Gasteiger partial charge is 1.00 e. The van der Waals surface area contributed by atoms with Crippen LogP contribution in [0, 0.1) is 0 Å². The van der Waals surface area contributed by atoms with E-state index >= 15 is 0 Å². The van der Waals surface area contributed by atoms with Crippen molar-refractivity contribution in [2.75, 3.05) is 14.2 Å². The van der Waals surface area contributed by atoms with Gasteiger partial charge in [-0.25, -0.2) is 18.7 Å². The molecule has 0 spiro atoms. The number of carbonyl (C=O) groups excluding carboxylic acids is 3. The predicted molar refractivity (Wildman–Crippen MR) is 165 cm³/mol. The maximum Gasteiger partial charge on any atom is 0.349 e. The second-order valence-corrected chi connectivity index (χ2v) is 9.75. The van der Waals surface area contributed by atoms with E-state index in [1.165, 1.54) is 26.4 Å². The average molecular weight is 862 g/mol. The molecular weight excluding hydrogens is 830 g/mol. The van der Waals surface area contributed by atoms with Gasteiger partial charge in [0.25, 0.3) is 0 Å². The Balaban J connectivity index is 0.00000384. The van der Waals surface area contributed by atoms with Gasteiger partial charge in [-0.1, -0.05) is 24.3 Å². The topological polar surface area (TPSA) is 116 Å². The molecule has 0 atom stereocenters. The van der Waals surface area contributed by atoms with Gasteiger partial charge in [0.05, 0.1) is 14.2 Å². The lowest BCUT2D eigenvalue weighted by atomic mass is 10.1. The standard InChI is InChI=1S/C35H31N2O8.2HI/c1-36-17-5-7-26(22-36)34(40)44-30-15-11-24(19-32(30)42-3)9-13-28(38)21-29(39)14-10-25-12-16-31(33(20-25)43-4)45-35(41)27-8-6-18-37(2)23-27;;/h5-23H,1-4H3;2*1H/q+1;;/p-1/b13-9+,14-10+;;. The molecule has 12 heteroatoms. The summed E-state index contributed by atoms with van der Waals surface area (Å²) in [5, 5.41) is 10.3. The summed E-state index contributed by atoms with van der Waals surface area (Å²) in [5.41, 5.74) is 2.01. The summed E-state index contributed by atoms with van der Waals surface area (Å²) in [4.78, 5) is 37.5. The molecule has 0 radical (unpaired) electrons. The summed E-state index contributed by atoms with van der Waals surface area (Å²) >= 11 is 0. The van der Waals surface area contributed by atoms with Crippen LogP contribution in [0.15, 0.2) is 109 Å². The molecule has 0 saturated carbocycles. The summed E-state index contributed by atoms with van der Waals surface area (Å²) in [6.45, 7) is 0. The third-order valence-corrected chi connectivity index (χ3v) is 6.31. The Bertz CT molecular complexity index is 1840. The quantitative estimate of drug-likeness (QED) is 0.0371. The number of aliphatic hydroxyl groups is 1. The molecule has 47 heavy (non-hydrogen) atoms. The molecular formula is C35H32I2N2O8. The fourth-order valence-electron chi connectivity index (χ4n) is 4.08. The van der Waals surface area contributed by atoms with Crippen molar-refractivity contribution in [2.24, 2.45) is 14.1 Å². The minimum absolute atomic E-state index is 0. The number of hydrogen-bond acceptors (Lipinski definition) is 8. The van der Waals surface area contributed by atoms with Crippen LogP contribution in [0.1, 0.15) is 31.8 Å². The van der Waals surface area contributed by atoms with Crippen molar-refractivity contribution < 1.29 is 95.5 Å². The minimum atomic E-state index is -0.535. The van der Waals surface area contributed by atoms with Crippen LogP contribution in [-0.2, 0) is 18.9 Å². The van der Waals surface area contributed by atoms with Gasteiger partial charge in [0, 0.05) is 18.2 Å². The minimum Gasteiger partial charge on any atom is -1.00 e. The van der Waals surface area contributed by atoms with E-state index in [9.17, 15) is 19.5 Å². The first kappa shape index (κ1) is 38.6. The molecule has 0 aliphatic rings. The molecule has 1 N–H and O–H groups in total. The number of ketones is 1. The van der Waals surface area contributed by atoms with Gasteiger partial charge in [-0.3, -0.25) is 4.79 Å². The number of aryl methyl sites for hydroxylation is 2. The normalized spacial score (nSPS) is 10.9. The number of aromatic nitrogens is 2. The van der Waals surface area contributed by atoms with E-state index in [1.807, 2.05) is 0 Å². The van der Waals surface area contributed by atoms with E-state index < -0.39 is 17.7 Å². The Labute approximate surface area is 306 Å². The monoisotopic (exact) mass is 862 g/mol. The van der Waals surface area contributed by atoms with E-state index in [4.69, 9.17) is 18.9 Å². The second-order valence-electron chi connectivity index (χ2n) is 9.75. The van der Waals surface area contributed by atoms with Crippen LogP contribution in [-0.4, -0.2) is 37.0 Å². The SMILES string of the molecule is COc1cc(/C=C/C(=O)/C=C(O)/C=C/c2ccc(OC(=O)c3ccc[n+](C)c3)c(OC)c2)ccc1OC(=O)c1ccc[n+](C)c1.[I-].[I-]. The van der Waals surface area contributed by atoms with E-state index in [-0.39, 0.29) is 65.2 Å². The Hall–Kier alpha value is -4.57. The van der Waals surface area contributed by atoms with Crippen molar-refractivity contribution in [1.29, 1.82) is 0 Å². The number of benzene rings is 2. The number of nitrogens with zero attached hydrogens (tertiary/aromatic N) is 2. The van der Waals surface area contributed by atoms with E-state index in [0.29, 0.717) is 33.8 Å². The molecule has 0 saturated heterocycles. The number of methoxy groups -OCH3 is 2. The van der Waals surface area contributed by atoms with Gasteiger partial charge in [-0.2, -0.15) is 0 Å². The fourth-order valence-corrected chi connectivity index (χ4v) is 4.08. The van der Waals surface area contributed by atoms with E-state index in [1.54, 1.807) is 121 Å². The molecule has 2 aromatic heterocycles. The first-order valence-corrected chi connectivity index (χ1v) is 13.7. The van der Waals surface area contributed by atoms with Crippen LogP contribution in [0.2, 0.25) is 0 Å². The van der Waals surface area contributed by atoms with Gasteiger partial charge < -0.3 is 72.0 Å². The maximum absolute atomic E-state index is 12.5. The Morgan fingerprint density at radius 1 is 0.660 bits per heavy atom. The number of aliphatic hydroxyl groups excluding tert-OH is 1. The van der Waals surface area contributed by atoms with Crippen LogP contribution in [0.4, 0.5) is 0 Å². The average Bonchev–Trinajstić information content (AvgIpc) is 3.03. The van der Waals surface area contributed by atoms with Crippen molar-refractivity contribution in [3.05, 3.63) is 132 Å².